The first-order chi connectivity index (χ1) is 7.70. The van der Waals surface area contributed by atoms with E-state index in [4.69, 9.17) is 5.73 Å². The van der Waals surface area contributed by atoms with Crippen molar-refractivity contribution >= 4 is 28.1 Å². The molecule has 16 heavy (non-hydrogen) atoms. The fourth-order valence-electron chi connectivity index (χ4n) is 1.17. The van der Waals surface area contributed by atoms with Crippen LogP contribution < -0.4 is 11.1 Å². The number of amides is 1. The number of carbonyl (C=O) groups is 1. The maximum absolute atomic E-state index is 11.7. The highest BCUT2D eigenvalue weighted by atomic mass is 32.1. The number of aromatic nitrogens is 4. The average Bonchev–Trinajstić information content (AvgIpc) is 2.87. The van der Waals surface area contributed by atoms with Crippen LogP contribution in [0.1, 0.15) is 17.4 Å². The third-order valence-corrected chi connectivity index (χ3v) is 2.51. The summed E-state index contributed by atoms with van der Waals surface area (Å²) in [6.45, 7) is 2.58. The topological polar surface area (TPSA) is 98.7 Å². The number of anilines is 2. The predicted octanol–water partition coefficient (Wildman–Crippen LogP) is 0.589. The van der Waals surface area contributed by atoms with Crippen LogP contribution in [0.15, 0.2) is 12.4 Å². The van der Waals surface area contributed by atoms with Crippen LogP contribution in [0.3, 0.4) is 0 Å². The number of rotatable bonds is 3. The normalized spacial score (nSPS) is 10.3. The van der Waals surface area contributed by atoms with E-state index in [1.165, 1.54) is 6.20 Å². The van der Waals surface area contributed by atoms with Crippen LogP contribution in [-0.4, -0.2) is 25.3 Å². The summed E-state index contributed by atoms with van der Waals surface area (Å²) >= 11 is 1.10. The summed E-state index contributed by atoms with van der Waals surface area (Å²) in [7, 11) is 0. The lowest BCUT2D eigenvalue weighted by Gasteiger charge is -1.98. The number of nitrogen functional groups attached to an aromatic ring is 1. The predicted molar refractivity (Wildman–Crippen MR) is 60.2 cm³/mol. The van der Waals surface area contributed by atoms with E-state index in [0.29, 0.717) is 17.2 Å². The Kier molecular flexibility index (Phi) is 2.82. The zero-order chi connectivity index (χ0) is 11.5. The van der Waals surface area contributed by atoms with Gasteiger partial charge in [-0.05, 0) is 6.92 Å². The number of aryl methyl sites for hydroxylation is 1. The molecule has 2 aromatic heterocycles. The van der Waals surface area contributed by atoms with Crippen LogP contribution in [-0.2, 0) is 6.54 Å². The number of nitrogens with zero attached hydrogens (tertiary/aromatic N) is 4. The molecule has 8 heteroatoms. The van der Waals surface area contributed by atoms with Crippen molar-refractivity contribution in [2.45, 2.75) is 13.5 Å². The molecule has 0 saturated carbocycles. The molecule has 0 fully saturated rings. The molecule has 0 atom stereocenters. The van der Waals surface area contributed by atoms with Gasteiger partial charge in [-0.2, -0.15) is 5.10 Å². The fraction of sp³-hybridized carbons (Fsp3) is 0.250. The molecule has 0 aliphatic carbocycles. The second-order valence-electron chi connectivity index (χ2n) is 3.02. The molecule has 0 saturated heterocycles. The summed E-state index contributed by atoms with van der Waals surface area (Å²) in [4.78, 5) is 11.7. The molecule has 0 bridgehead atoms. The van der Waals surface area contributed by atoms with Gasteiger partial charge in [-0.25, -0.2) is 0 Å². The van der Waals surface area contributed by atoms with Crippen LogP contribution in [0.2, 0.25) is 0 Å². The third-order valence-electron chi connectivity index (χ3n) is 1.93. The van der Waals surface area contributed by atoms with Crippen molar-refractivity contribution in [1.29, 1.82) is 0 Å². The Labute approximate surface area is 95.4 Å². The smallest absolute Gasteiger partial charge is 0.279 e. The molecule has 0 aliphatic rings. The van der Waals surface area contributed by atoms with Crippen LogP contribution >= 0.6 is 11.5 Å². The first-order valence-corrected chi connectivity index (χ1v) is 5.39. The Morgan fingerprint density at radius 3 is 3.06 bits per heavy atom. The van der Waals surface area contributed by atoms with Crippen molar-refractivity contribution in [2.24, 2.45) is 0 Å². The number of hydrogen-bond acceptors (Lipinski definition) is 6. The third kappa shape index (κ3) is 2.01. The molecule has 2 rings (SSSR count). The summed E-state index contributed by atoms with van der Waals surface area (Å²) in [5.41, 5.74) is 6.25. The second kappa shape index (κ2) is 4.27. The van der Waals surface area contributed by atoms with E-state index in [1.807, 2.05) is 6.92 Å². The lowest BCUT2D eigenvalue weighted by molar-refractivity contribution is 0.102. The van der Waals surface area contributed by atoms with Gasteiger partial charge in [0.1, 0.15) is 5.00 Å². The van der Waals surface area contributed by atoms with Gasteiger partial charge >= 0.3 is 0 Å². The molecule has 0 spiro atoms. The monoisotopic (exact) mass is 238 g/mol. The molecule has 0 unspecified atom stereocenters. The molecule has 2 aromatic rings. The van der Waals surface area contributed by atoms with E-state index >= 15 is 0 Å². The maximum atomic E-state index is 11.7. The van der Waals surface area contributed by atoms with E-state index in [2.05, 4.69) is 20.0 Å². The minimum atomic E-state index is -0.351. The fourth-order valence-corrected chi connectivity index (χ4v) is 1.58. The summed E-state index contributed by atoms with van der Waals surface area (Å²) in [6.07, 6.45) is 3.09. The van der Waals surface area contributed by atoms with Crippen molar-refractivity contribution in [1.82, 2.24) is 19.4 Å². The molecule has 3 N–H and O–H groups in total. The van der Waals surface area contributed by atoms with Crippen LogP contribution in [0.4, 0.5) is 10.7 Å². The quantitative estimate of drug-likeness (QED) is 0.815. The summed E-state index contributed by atoms with van der Waals surface area (Å²) in [5.74, 6) is -0.351. The van der Waals surface area contributed by atoms with E-state index in [-0.39, 0.29) is 11.6 Å². The largest absolute Gasteiger partial charge is 0.396 e. The molecule has 84 valence electrons. The number of nitrogens with two attached hydrogens (primary N) is 1. The van der Waals surface area contributed by atoms with Gasteiger partial charge in [0.05, 0.1) is 11.9 Å². The summed E-state index contributed by atoms with van der Waals surface area (Å²) < 4.78 is 5.24. The zero-order valence-electron chi connectivity index (χ0n) is 8.54. The average molecular weight is 238 g/mol. The SMILES string of the molecule is CCn1cc(N)c(C(=O)Nc2cnns2)n1. The van der Waals surface area contributed by atoms with E-state index in [9.17, 15) is 4.79 Å². The minimum Gasteiger partial charge on any atom is -0.396 e. The van der Waals surface area contributed by atoms with E-state index in [0.717, 1.165) is 11.5 Å². The van der Waals surface area contributed by atoms with Gasteiger partial charge in [-0.1, -0.05) is 4.49 Å². The number of nitrogens with one attached hydrogen (secondary N) is 1. The molecular weight excluding hydrogens is 228 g/mol. The van der Waals surface area contributed by atoms with Crippen LogP contribution in [0, 0.1) is 0 Å². The Balaban J connectivity index is 2.17. The van der Waals surface area contributed by atoms with Gasteiger partial charge in [0, 0.05) is 24.3 Å². The molecule has 0 aliphatic heterocycles. The molecule has 7 nitrogen and oxygen atoms in total. The van der Waals surface area contributed by atoms with Gasteiger partial charge in [0.15, 0.2) is 5.69 Å². The van der Waals surface area contributed by atoms with E-state index in [1.54, 1.807) is 10.9 Å². The van der Waals surface area contributed by atoms with Crippen LogP contribution in [0.25, 0.3) is 0 Å². The Morgan fingerprint density at radius 1 is 1.69 bits per heavy atom. The Morgan fingerprint density at radius 2 is 2.50 bits per heavy atom. The summed E-state index contributed by atoms with van der Waals surface area (Å²) in [5, 5.41) is 10.8. The minimum absolute atomic E-state index is 0.218. The Hall–Kier alpha value is -1.96. The molecule has 2 heterocycles. The zero-order valence-corrected chi connectivity index (χ0v) is 9.36. The maximum Gasteiger partial charge on any atom is 0.279 e. The van der Waals surface area contributed by atoms with Crippen molar-refractivity contribution in [3.8, 4) is 0 Å². The number of hydrogen-bond donors (Lipinski definition) is 2. The molecule has 0 aromatic carbocycles. The van der Waals surface area contributed by atoms with Gasteiger partial charge in [0.2, 0.25) is 0 Å². The van der Waals surface area contributed by atoms with E-state index < -0.39 is 0 Å². The van der Waals surface area contributed by atoms with Crippen LogP contribution in [0.5, 0.6) is 0 Å². The number of carbonyl (C=O) groups excluding carboxylic acids is 1. The highest BCUT2D eigenvalue weighted by molar-refractivity contribution is 7.10. The van der Waals surface area contributed by atoms with Crippen molar-refractivity contribution in [2.75, 3.05) is 11.1 Å². The molecular formula is C8H10N6OS. The van der Waals surface area contributed by atoms with Crippen molar-refractivity contribution in [3.63, 3.8) is 0 Å². The highest BCUT2D eigenvalue weighted by Gasteiger charge is 2.15. The molecule has 0 radical (unpaired) electrons. The van der Waals surface area contributed by atoms with Gasteiger partial charge in [-0.15, -0.1) is 5.10 Å². The van der Waals surface area contributed by atoms with Gasteiger partial charge < -0.3 is 11.1 Å². The van der Waals surface area contributed by atoms with Gasteiger partial charge in [0.25, 0.3) is 5.91 Å². The molecule has 1 amide bonds. The summed E-state index contributed by atoms with van der Waals surface area (Å²) in [6, 6.07) is 0. The standard InChI is InChI=1S/C8H10N6OS/c1-2-14-4-5(9)7(12-14)8(15)11-6-3-10-13-16-6/h3-4H,2,9H2,1H3,(H,11,15). The van der Waals surface area contributed by atoms with Crippen molar-refractivity contribution in [3.05, 3.63) is 18.1 Å². The lowest BCUT2D eigenvalue weighted by Crippen LogP contribution is -2.14. The Bertz CT molecular complexity index is 491. The first-order valence-electron chi connectivity index (χ1n) is 4.62. The lowest BCUT2D eigenvalue weighted by atomic mass is 10.3. The second-order valence-corrected chi connectivity index (χ2v) is 3.81. The highest BCUT2D eigenvalue weighted by Crippen LogP contribution is 2.14. The van der Waals surface area contributed by atoms with Gasteiger partial charge in [-0.3, -0.25) is 9.48 Å². The van der Waals surface area contributed by atoms with Crippen molar-refractivity contribution < 1.29 is 4.79 Å². The first kappa shape index (κ1) is 10.6.